The summed E-state index contributed by atoms with van der Waals surface area (Å²) in [6, 6.07) is 162. The average Bonchev–Trinajstić information content (AvgIpc) is 1.51. The summed E-state index contributed by atoms with van der Waals surface area (Å²) in [4.78, 5) is 21.3. The van der Waals surface area contributed by atoms with Gasteiger partial charge < -0.3 is 0 Å². The molecule has 0 atom stereocenters. The third-order valence-corrected chi connectivity index (χ3v) is 41.7. The normalized spacial score (nSPS) is 12.9. The Kier molecular flexibility index (Phi) is 20.8. The molecule has 2 aliphatic carbocycles. The SMILES string of the molecule is CC1(C)c2cc3sc(-c4ccc(-c5nnc(-c6ccccc6)n5-c5ccccc5)cc4)nc3cc2-c2cc3nc(-c4ccc(-c5nnc(-c6ccccc6)n5-c5ccccc5)cc4)sc3cc21.CC1(C)c2cc3sc(-c4cccc([Si](c5ccccc5)(c5ccccc5)c5ccccc5)c4)nc3cc2-c2cc3nc(-c4cccc([Si](c5ccccc5)(c5ccccc5)c5ccccc5)c4)sc3cc21. The summed E-state index contributed by atoms with van der Waals surface area (Å²) < 4.78 is 9.05. The highest BCUT2D eigenvalue weighted by atomic mass is 32.1. The molecule has 24 aromatic rings. The van der Waals surface area contributed by atoms with E-state index in [1.54, 1.807) is 45.3 Å². The van der Waals surface area contributed by atoms with Crippen molar-refractivity contribution in [3.05, 3.63) is 471 Å². The Bertz CT molecular complexity index is 8020. The number of rotatable bonds is 18. The second kappa shape index (κ2) is 34.2. The minimum Gasteiger partial charge on any atom is -0.275 e. The Morgan fingerprint density at radius 1 is 0.196 bits per heavy atom. The summed E-state index contributed by atoms with van der Waals surface area (Å²) in [5.74, 6) is 3.18. The van der Waals surface area contributed by atoms with E-state index >= 15 is 0 Å². The Labute approximate surface area is 817 Å². The largest absolute Gasteiger partial charge is 0.275 e. The van der Waals surface area contributed by atoms with Gasteiger partial charge in [-0.2, -0.15) is 0 Å². The fourth-order valence-electron chi connectivity index (χ4n) is 21.2. The molecule has 10 nitrogen and oxygen atoms in total. The van der Waals surface area contributed by atoms with Gasteiger partial charge in [-0.25, -0.2) is 19.9 Å². The van der Waals surface area contributed by atoms with Gasteiger partial charge in [0.2, 0.25) is 0 Å². The van der Waals surface area contributed by atoms with Crippen LogP contribution in [-0.4, -0.2) is 65.6 Å². The molecule has 6 aromatic heterocycles. The summed E-state index contributed by atoms with van der Waals surface area (Å²) in [6.07, 6.45) is 0. The predicted molar refractivity (Wildman–Crippen MR) is 581 cm³/mol. The van der Waals surface area contributed by atoms with Crippen molar-refractivity contribution in [2.75, 3.05) is 0 Å². The zero-order valence-corrected chi connectivity index (χ0v) is 81.1. The van der Waals surface area contributed by atoms with Crippen LogP contribution in [0, 0.1) is 0 Å². The molecule has 138 heavy (non-hydrogen) atoms. The molecule has 0 saturated carbocycles. The molecule has 0 unspecified atom stereocenters. The molecule has 0 bridgehead atoms. The van der Waals surface area contributed by atoms with Crippen LogP contribution in [-0.2, 0) is 10.8 Å². The van der Waals surface area contributed by atoms with Crippen molar-refractivity contribution in [1.82, 2.24) is 49.5 Å². The molecule has 0 radical (unpaired) electrons. The highest BCUT2D eigenvalue weighted by Crippen LogP contribution is 2.55. The van der Waals surface area contributed by atoms with Crippen LogP contribution in [0.5, 0.6) is 0 Å². The number of para-hydroxylation sites is 2. The van der Waals surface area contributed by atoms with Crippen molar-refractivity contribution >= 4 is 144 Å². The maximum Gasteiger partial charge on any atom is 0.179 e. The summed E-state index contributed by atoms with van der Waals surface area (Å²) in [5.41, 5.74) is 24.5. The number of fused-ring (bicyclic) bond motifs is 10. The molecule has 16 heteroatoms. The van der Waals surface area contributed by atoms with Crippen LogP contribution >= 0.6 is 45.3 Å². The molecule has 0 fully saturated rings. The molecule has 26 rings (SSSR count). The summed E-state index contributed by atoms with van der Waals surface area (Å²) >= 11 is 7.08. The van der Waals surface area contributed by atoms with Gasteiger partial charge in [-0.3, -0.25) is 9.13 Å². The van der Waals surface area contributed by atoms with E-state index in [0.29, 0.717) is 0 Å². The van der Waals surface area contributed by atoms with Gasteiger partial charge in [0.1, 0.15) is 20.0 Å². The van der Waals surface area contributed by atoms with Gasteiger partial charge in [0, 0.05) is 66.7 Å². The van der Waals surface area contributed by atoms with Gasteiger partial charge >= 0.3 is 0 Å². The van der Waals surface area contributed by atoms with Crippen molar-refractivity contribution in [3.63, 3.8) is 0 Å². The molecular formula is C122H86N10S4Si2. The van der Waals surface area contributed by atoms with E-state index in [9.17, 15) is 0 Å². The number of benzene rings is 18. The zero-order chi connectivity index (χ0) is 92.2. The predicted octanol–water partition coefficient (Wildman–Crippen LogP) is 25.7. The third-order valence-electron chi connectivity index (χ3n) is 27.9. The molecule has 0 spiro atoms. The molecule has 656 valence electrons. The monoisotopic (exact) mass is 1870 g/mol. The molecule has 2 aliphatic rings. The van der Waals surface area contributed by atoms with Crippen LogP contribution in [0.4, 0.5) is 0 Å². The van der Waals surface area contributed by atoms with Crippen molar-refractivity contribution in [2.24, 2.45) is 0 Å². The lowest BCUT2D eigenvalue weighted by Crippen LogP contribution is -2.74. The van der Waals surface area contributed by atoms with Gasteiger partial charge in [0.25, 0.3) is 0 Å². The maximum absolute atomic E-state index is 5.45. The molecule has 6 heterocycles. The van der Waals surface area contributed by atoms with Crippen LogP contribution in [0.1, 0.15) is 49.9 Å². The van der Waals surface area contributed by atoms with E-state index in [2.05, 4.69) is 423 Å². The van der Waals surface area contributed by atoms with E-state index < -0.39 is 16.1 Å². The molecule has 0 amide bonds. The summed E-state index contributed by atoms with van der Waals surface area (Å²) in [5, 5.41) is 33.7. The number of thiazole rings is 4. The van der Waals surface area contributed by atoms with Crippen LogP contribution in [0.25, 0.3) is 162 Å². The lowest BCUT2D eigenvalue weighted by Gasteiger charge is -2.34. The zero-order valence-electron chi connectivity index (χ0n) is 75.8. The Morgan fingerprint density at radius 2 is 0.399 bits per heavy atom. The highest BCUT2D eigenvalue weighted by Gasteiger charge is 2.45. The van der Waals surface area contributed by atoms with E-state index in [1.807, 2.05) is 72.8 Å². The van der Waals surface area contributed by atoms with Crippen molar-refractivity contribution in [2.45, 2.75) is 38.5 Å². The van der Waals surface area contributed by atoms with Crippen LogP contribution in [0.3, 0.4) is 0 Å². The second-order valence-electron chi connectivity index (χ2n) is 36.6. The smallest absolute Gasteiger partial charge is 0.179 e. The van der Waals surface area contributed by atoms with Crippen molar-refractivity contribution < 1.29 is 0 Å². The van der Waals surface area contributed by atoms with Crippen LogP contribution in [0.15, 0.2) is 449 Å². The standard InChI is InChI=1S/C65H48N2S2Si2.C57H38N8S2/c1-65(2)57-43-61-59(66-63(68-61)45-23-21-37-53(39-45)70(47-25-9-3-10-26-47,48-27-11-4-12-28-48)49-29-13-5-14-30-49)41-55(57)56-42-60-62(44-58(56)65)69-64(67-60)46-24-22-38-54(40-46)71(50-31-15-6-16-32-50,51-33-17-7-18-34-51)52-35-19-8-20-36-52;1-57(2)45-33-49-47(58-55(66-49)39-27-23-37(24-28-39)53-62-60-51(35-15-7-3-8-16-35)64(53)41-19-11-5-12-20-41)31-43(45)44-32-48-50(34-46(44)57)67-56(59-48)40-29-25-38(26-30-40)54-63-61-52(36-17-9-4-10-18-36)65(54)42-21-13-6-14-22-42/h3-44H,1-2H3;3-34H,1-2H3. The molecule has 0 saturated heterocycles. The van der Waals surface area contributed by atoms with Gasteiger partial charge in [-0.15, -0.1) is 65.7 Å². The lowest BCUT2D eigenvalue weighted by molar-refractivity contribution is 0.662. The first-order valence-electron chi connectivity index (χ1n) is 46.6. The van der Waals surface area contributed by atoms with Crippen molar-refractivity contribution in [3.8, 4) is 121 Å². The molecule has 0 aliphatic heterocycles. The number of aromatic nitrogens is 10. The molecule has 0 N–H and O–H groups in total. The minimum atomic E-state index is -2.70. The number of nitrogens with zero attached hydrogens (tertiary/aromatic N) is 10. The Hall–Kier alpha value is -15.8. The minimum absolute atomic E-state index is 0.189. The fraction of sp³-hybridized carbons (Fsp3) is 0.0492. The highest BCUT2D eigenvalue weighted by molar-refractivity contribution is 7.23. The molecule has 18 aromatic carbocycles. The third kappa shape index (κ3) is 14.3. The van der Waals surface area contributed by atoms with Crippen LogP contribution < -0.4 is 41.5 Å². The average molecular weight is 1880 g/mol. The molecular weight excluding hydrogens is 1790 g/mol. The van der Waals surface area contributed by atoms with Gasteiger partial charge in [-0.1, -0.05) is 404 Å². The number of hydrogen-bond acceptors (Lipinski definition) is 12. The fourth-order valence-corrected chi connectivity index (χ4v) is 34.7. The maximum atomic E-state index is 5.45. The van der Waals surface area contributed by atoms with E-state index in [4.69, 9.17) is 30.1 Å². The van der Waals surface area contributed by atoms with Crippen molar-refractivity contribution in [1.29, 1.82) is 0 Å². The number of hydrogen-bond donors (Lipinski definition) is 0. The topological polar surface area (TPSA) is 113 Å². The Morgan fingerprint density at radius 3 is 0.652 bits per heavy atom. The van der Waals surface area contributed by atoms with Gasteiger partial charge in [-0.05, 0) is 159 Å². The second-order valence-corrected chi connectivity index (χ2v) is 48.3. The Balaban J connectivity index is 0.000000147. The quantitative estimate of drug-likeness (QED) is 0.0617. The van der Waals surface area contributed by atoms with E-state index in [0.717, 1.165) is 121 Å². The first-order chi connectivity index (χ1) is 67.9. The first-order valence-corrected chi connectivity index (χ1v) is 53.8. The van der Waals surface area contributed by atoms with E-state index in [1.165, 1.54) is 105 Å². The summed E-state index contributed by atoms with van der Waals surface area (Å²) in [7, 11) is -5.40. The first kappa shape index (κ1) is 84.0. The van der Waals surface area contributed by atoms with Crippen LogP contribution in [0.2, 0.25) is 0 Å². The van der Waals surface area contributed by atoms with E-state index in [-0.39, 0.29) is 10.8 Å². The summed E-state index contributed by atoms with van der Waals surface area (Å²) in [6.45, 7) is 9.44. The van der Waals surface area contributed by atoms with Gasteiger partial charge in [0.15, 0.2) is 39.4 Å². The van der Waals surface area contributed by atoms with Gasteiger partial charge in [0.05, 0.1) is 40.9 Å². The lowest BCUT2D eigenvalue weighted by atomic mass is 9.82.